The molecule has 18 heavy (non-hydrogen) atoms. The highest BCUT2D eigenvalue weighted by Gasteiger charge is 2.18. The average Bonchev–Trinajstić information content (AvgIpc) is 2.74. The van der Waals surface area contributed by atoms with E-state index in [1.807, 2.05) is 24.4 Å². The smallest absolute Gasteiger partial charge is 0.123 e. The lowest BCUT2D eigenvalue weighted by Crippen LogP contribution is -2.28. The largest absolute Gasteiger partial charge is 0.302 e. The van der Waals surface area contributed by atoms with Crippen LogP contribution in [0.5, 0.6) is 0 Å². The van der Waals surface area contributed by atoms with Crippen molar-refractivity contribution in [1.29, 1.82) is 0 Å². The molecule has 0 saturated carbocycles. The maximum absolute atomic E-state index is 13.0. The van der Waals surface area contributed by atoms with Crippen LogP contribution in [0.4, 0.5) is 4.39 Å². The van der Waals surface area contributed by atoms with Crippen molar-refractivity contribution in [2.45, 2.75) is 32.9 Å². The number of nitrogens with one attached hydrogen (secondary N) is 1. The van der Waals surface area contributed by atoms with Crippen LogP contribution in [0, 0.1) is 12.7 Å². The van der Waals surface area contributed by atoms with E-state index >= 15 is 0 Å². The van der Waals surface area contributed by atoms with E-state index in [4.69, 9.17) is 0 Å². The third-order valence-corrected chi connectivity index (χ3v) is 3.61. The van der Waals surface area contributed by atoms with Gasteiger partial charge < -0.3 is 5.32 Å². The maximum Gasteiger partial charge on any atom is 0.123 e. The van der Waals surface area contributed by atoms with Gasteiger partial charge in [0.25, 0.3) is 0 Å². The van der Waals surface area contributed by atoms with E-state index in [0.717, 1.165) is 16.3 Å². The quantitative estimate of drug-likeness (QED) is 0.911. The fraction of sp³-hybridized carbons (Fsp3) is 0.357. The van der Waals surface area contributed by atoms with Crippen LogP contribution < -0.4 is 5.32 Å². The first-order valence-electron chi connectivity index (χ1n) is 6.00. The van der Waals surface area contributed by atoms with E-state index in [1.54, 1.807) is 11.3 Å². The number of benzene rings is 1. The van der Waals surface area contributed by atoms with Crippen molar-refractivity contribution >= 4 is 11.3 Å². The Kier molecular flexibility index (Phi) is 4.09. The molecule has 0 radical (unpaired) electrons. The molecule has 96 valence electrons. The molecule has 0 spiro atoms. The Morgan fingerprint density at radius 2 is 1.89 bits per heavy atom. The molecule has 2 nitrogen and oxygen atoms in total. The zero-order valence-corrected chi connectivity index (χ0v) is 11.6. The molecular formula is C14H17FN2S. The van der Waals surface area contributed by atoms with Gasteiger partial charge in [-0.15, -0.1) is 11.3 Å². The molecule has 0 aliphatic rings. The molecular weight excluding hydrogens is 247 g/mol. The van der Waals surface area contributed by atoms with Gasteiger partial charge in [0.05, 0.1) is 6.04 Å². The van der Waals surface area contributed by atoms with Gasteiger partial charge in [-0.05, 0) is 38.5 Å². The van der Waals surface area contributed by atoms with Crippen molar-refractivity contribution in [3.63, 3.8) is 0 Å². The minimum Gasteiger partial charge on any atom is -0.302 e. The molecule has 2 aromatic rings. The number of halogens is 1. The van der Waals surface area contributed by atoms with E-state index < -0.39 is 0 Å². The van der Waals surface area contributed by atoms with Crippen LogP contribution in [-0.4, -0.2) is 11.0 Å². The van der Waals surface area contributed by atoms with Gasteiger partial charge in [-0.2, -0.15) is 0 Å². The standard InChI is InChI=1S/C14H17FN2S/c1-9(2)16-13(14-17-10(3)8-18-14)11-4-6-12(15)7-5-11/h4-9,13,16H,1-3H3. The number of nitrogens with zero attached hydrogens (tertiary/aromatic N) is 1. The molecule has 1 aromatic heterocycles. The second-order valence-corrected chi connectivity index (χ2v) is 5.52. The molecule has 4 heteroatoms. The lowest BCUT2D eigenvalue weighted by molar-refractivity contribution is 0.525. The molecule has 0 saturated heterocycles. The predicted molar refractivity (Wildman–Crippen MR) is 73.4 cm³/mol. The van der Waals surface area contributed by atoms with Crippen LogP contribution in [0.25, 0.3) is 0 Å². The average molecular weight is 264 g/mol. The van der Waals surface area contributed by atoms with E-state index in [1.165, 1.54) is 12.1 Å². The Balaban J connectivity index is 2.33. The summed E-state index contributed by atoms with van der Waals surface area (Å²) in [5.74, 6) is -0.211. The van der Waals surface area contributed by atoms with Crippen LogP contribution in [0.3, 0.4) is 0 Å². The fourth-order valence-electron chi connectivity index (χ4n) is 1.80. The summed E-state index contributed by atoms with van der Waals surface area (Å²) in [5.41, 5.74) is 2.06. The van der Waals surface area contributed by atoms with Gasteiger partial charge in [-0.1, -0.05) is 12.1 Å². The van der Waals surface area contributed by atoms with E-state index in [0.29, 0.717) is 6.04 Å². The number of hydrogen-bond donors (Lipinski definition) is 1. The molecule has 1 unspecified atom stereocenters. The molecule has 0 aliphatic carbocycles. The molecule has 0 fully saturated rings. The monoisotopic (exact) mass is 264 g/mol. The first-order chi connectivity index (χ1) is 8.56. The SMILES string of the molecule is Cc1csc(C(NC(C)C)c2ccc(F)cc2)n1. The number of hydrogen-bond acceptors (Lipinski definition) is 3. The predicted octanol–water partition coefficient (Wildman–Crippen LogP) is 3.68. The molecule has 1 heterocycles. The Morgan fingerprint density at radius 1 is 1.22 bits per heavy atom. The molecule has 1 aromatic carbocycles. The van der Waals surface area contributed by atoms with Gasteiger partial charge in [-0.3, -0.25) is 0 Å². The fourth-order valence-corrected chi connectivity index (χ4v) is 2.68. The van der Waals surface area contributed by atoms with Gasteiger partial charge in [0.2, 0.25) is 0 Å². The van der Waals surface area contributed by atoms with Crippen LogP contribution in [0.2, 0.25) is 0 Å². The van der Waals surface area contributed by atoms with Crippen LogP contribution in [0.1, 0.15) is 36.2 Å². The topological polar surface area (TPSA) is 24.9 Å². The lowest BCUT2D eigenvalue weighted by atomic mass is 10.1. The Morgan fingerprint density at radius 3 is 2.39 bits per heavy atom. The second-order valence-electron chi connectivity index (χ2n) is 4.63. The molecule has 0 aliphatic heterocycles. The number of aromatic nitrogens is 1. The van der Waals surface area contributed by atoms with Crippen molar-refractivity contribution in [3.8, 4) is 0 Å². The summed E-state index contributed by atoms with van der Waals surface area (Å²) < 4.78 is 13.0. The van der Waals surface area contributed by atoms with Gasteiger partial charge in [0.15, 0.2) is 0 Å². The van der Waals surface area contributed by atoms with E-state index in [2.05, 4.69) is 24.1 Å². The third-order valence-electron chi connectivity index (χ3n) is 2.59. The highest BCUT2D eigenvalue weighted by atomic mass is 32.1. The van der Waals surface area contributed by atoms with Gasteiger partial charge in [0.1, 0.15) is 10.8 Å². The maximum atomic E-state index is 13.0. The van der Waals surface area contributed by atoms with Crippen molar-refractivity contribution in [2.24, 2.45) is 0 Å². The first-order valence-corrected chi connectivity index (χ1v) is 6.88. The summed E-state index contributed by atoms with van der Waals surface area (Å²) in [7, 11) is 0. The highest BCUT2D eigenvalue weighted by Crippen LogP contribution is 2.25. The number of aryl methyl sites for hydroxylation is 1. The molecule has 2 rings (SSSR count). The Bertz CT molecular complexity index is 505. The molecule has 1 atom stereocenters. The highest BCUT2D eigenvalue weighted by molar-refractivity contribution is 7.09. The van der Waals surface area contributed by atoms with Crippen LogP contribution in [0.15, 0.2) is 29.6 Å². The minimum atomic E-state index is -0.211. The molecule has 0 bridgehead atoms. The van der Waals surface area contributed by atoms with Gasteiger partial charge >= 0.3 is 0 Å². The third kappa shape index (κ3) is 3.15. The van der Waals surface area contributed by atoms with Crippen molar-refractivity contribution in [1.82, 2.24) is 10.3 Å². The second kappa shape index (κ2) is 5.59. The van der Waals surface area contributed by atoms with Gasteiger partial charge in [-0.25, -0.2) is 9.37 Å². The van der Waals surface area contributed by atoms with Crippen molar-refractivity contribution in [2.75, 3.05) is 0 Å². The van der Waals surface area contributed by atoms with Crippen molar-refractivity contribution in [3.05, 3.63) is 51.7 Å². The first kappa shape index (κ1) is 13.2. The summed E-state index contributed by atoms with van der Waals surface area (Å²) in [6.07, 6.45) is 0. The normalized spacial score (nSPS) is 12.9. The summed E-state index contributed by atoms with van der Waals surface area (Å²) in [6.45, 7) is 6.17. The molecule has 0 amide bonds. The molecule has 1 N–H and O–H groups in total. The summed E-state index contributed by atoms with van der Waals surface area (Å²) >= 11 is 1.63. The summed E-state index contributed by atoms with van der Waals surface area (Å²) in [5, 5.41) is 6.53. The summed E-state index contributed by atoms with van der Waals surface area (Å²) in [6, 6.07) is 6.97. The Labute approximate surface area is 111 Å². The Hall–Kier alpha value is -1.26. The number of rotatable bonds is 4. The van der Waals surface area contributed by atoms with Crippen LogP contribution in [-0.2, 0) is 0 Å². The van der Waals surface area contributed by atoms with Crippen LogP contribution >= 0.6 is 11.3 Å². The zero-order chi connectivity index (χ0) is 13.1. The van der Waals surface area contributed by atoms with Crippen molar-refractivity contribution < 1.29 is 4.39 Å². The summed E-state index contributed by atoms with van der Waals surface area (Å²) in [4.78, 5) is 4.53. The van der Waals surface area contributed by atoms with E-state index in [9.17, 15) is 4.39 Å². The van der Waals surface area contributed by atoms with E-state index in [-0.39, 0.29) is 11.9 Å². The number of thiazole rings is 1. The zero-order valence-electron chi connectivity index (χ0n) is 10.8. The lowest BCUT2D eigenvalue weighted by Gasteiger charge is -2.19. The van der Waals surface area contributed by atoms with Gasteiger partial charge in [0, 0.05) is 17.1 Å². The minimum absolute atomic E-state index is 0.0318.